The zero-order valence-electron chi connectivity index (χ0n) is 15.9. The average Bonchev–Trinajstić information content (AvgIpc) is 3.15. The number of nitrogens with one attached hydrogen (secondary N) is 1. The van der Waals surface area contributed by atoms with Gasteiger partial charge in [-0.15, -0.1) is 12.4 Å². The Balaban J connectivity index is 0.00000261. The lowest BCUT2D eigenvalue weighted by Gasteiger charge is -2.34. The Morgan fingerprint density at radius 2 is 1.89 bits per heavy atom. The van der Waals surface area contributed by atoms with Crippen LogP contribution in [0.1, 0.15) is 19.3 Å². The molecule has 27 heavy (non-hydrogen) atoms. The van der Waals surface area contributed by atoms with Crippen molar-refractivity contribution >= 4 is 24.2 Å². The Labute approximate surface area is 167 Å². The summed E-state index contributed by atoms with van der Waals surface area (Å²) >= 11 is 0. The molecule has 1 N–H and O–H groups in total. The van der Waals surface area contributed by atoms with Crippen LogP contribution in [0, 0.1) is 11.8 Å². The summed E-state index contributed by atoms with van der Waals surface area (Å²) in [5, 5.41) is 3.19. The van der Waals surface area contributed by atoms with E-state index in [1.165, 1.54) is 0 Å². The summed E-state index contributed by atoms with van der Waals surface area (Å²) in [4.78, 5) is 29.1. The molecule has 0 spiro atoms. The molecule has 1 aromatic rings. The highest BCUT2D eigenvalue weighted by atomic mass is 35.5. The Bertz CT molecular complexity index is 614. The highest BCUT2D eigenvalue weighted by Gasteiger charge is 2.34. The lowest BCUT2D eigenvalue weighted by atomic mass is 9.96. The van der Waals surface area contributed by atoms with Crippen molar-refractivity contribution in [3.63, 3.8) is 0 Å². The lowest BCUT2D eigenvalue weighted by molar-refractivity contribution is -0.141. The van der Waals surface area contributed by atoms with Gasteiger partial charge in [0.1, 0.15) is 5.75 Å². The number of hydrogen-bond acceptors (Lipinski definition) is 4. The molecule has 2 saturated heterocycles. The minimum absolute atomic E-state index is 0. The first-order valence-electron chi connectivity index (χ1n) is 9.56. The van der Waals surface area contributed by atoms with Gasteiger partial charge in [-0.25, -0.2) is 0 Å². The molecule has 7 heteroatoms. The highest BCUT2D eigenvalue weighted by molar-refractivity contribution is 5.85. The van der Waals surface area contributed by atoms with Crippen LogP contribution in [0.3, 0.4) is 0 Å². The first-order valence-corrected chi connectivity index (χ1v) is 9.56. The summed E-state index contributed by atoms with van der Waals surface area (Å²) in [5.74, 6) is 1.34. The van der Waals surface area contributed by atoms with Crippen LogP contribution in [-0.4, -0.2) is 68.0 Å². The minimum atomic E-state index is -0.0715. The largest absolute Gasteiger partial charge is 0.484 e. The summed E-state index contributed by atoms with van der Waals surface area (Å²) < 4.78 is 5.56. The second-order valence-corrected chi connectivity index (χ2v) is 7.28. The van der Waals surface area contributed by atoms with Crippen molar-refractivity contribution in [3.8, 4) is 5.75 Å². The van der Waals surface area contributed by atoms with Crippen molar-refractivity contribution in [2.45, 2.75) is 19.3 Å². The molecule has 2 aliphatic rings. The van der Waals surface area contributed by atoms with Crippen LogP contribution >= 0.6 is 12.4 Å². The summed E-state index contributed by atoms with van der Waals surface area (Å²) in [5.41, 5.74) is 0. The Morgan fingerprint density at radius 1 is 1.11 bits per heavy atom. The number of nitrogens with zero attached hydrogens (tertiary/aromatic N) is 2. The van der Waals surface area contributed by atoms with Gasteiger partial charge in [0.25, 0.3) is 5.91 Å². The Kier molecular flexibility index (Phi) is 8.38. The molecule has 6 nitrogen and oxygen atoms in total. The molecule has 3 rings (SSSR count). The highest BCUT2D eigenvalue weighted by Crippen LogP contribution is 2.23. The maximum atomic E-state index is 12.8. The second kappa shape index (κ2) is 10.5. The second-order valence-electron chi connectivity index (χ2n) is 7.28. The third-order valence-electron chi connectivity index (χ3n) is 5.32. The normalized spacial score (nSPS) is 22.3. The first-order chi connectivity index (χ1) is 12.7. The number of likely N-dealkylation sites (tertiary alicyclic amines) is 2. The maximum absolute atomic E-state index is 12.8. The van der Waals surface area contributed by atoms with Gasteiger partial charge in [0.2, 0.25) is 5.91 Å². The standard InChI is InChI=1S/C20H29N3O3.ClH/c1-21-12-16-9-11-23(13-16)20(25)17-6-5-10-22(14-17)19(24)15-26-18-7-3-2-4-8-18;/h2-4,7-8,16-17,21H,5-6,9-15H2,1H3;1H. The summed E-state index contributed by atoms with van der Waals surface area (Å²) in [6.45, 7) is 3.88. The number of piperidine rings is 1. The zero-order valence-corrected chi connectivity index (χ0v) is 16.7. The summed E-state index contributed by atoms with van der Waals surface area (Å²) in [6.07, 6.45) is 2.81. The van der Waals surface area contributed by atoms with Crippen LogP contribution < -0.4 is 10.1 Å². The molecule has 2 atom stereocenters. The van der Waals surface area contributed by atoms with Gasteiger partial charge in [-0.05, 0) is 50.9 Å². The Hall–Kier alpha value is -1.79. The van der Waals surface area contributed by atoms with Gasteiger partial charge in [-0.3, -0.25) is 9.59 Å². The molecule has 0 radical (unpaired) electrons. The fraction of sp³-hybridized carbons (Fsp3) is 0.600. The SMILES string of the molecule is CNCC1CCN(C(=O)C2CCCN(C(=O)COc3ccccc3)C2)C1.Cl. The average molecular weight is 396 g/mol. The molecule has 2 unspecified atom stereocenters. The fourth-order valence-electron chi connectivity index (χ4n) is 3.90. The van der Waals surface area contributed by atoms with Gasteiger partial charge in [0.05, 0.1) is 5.92 Å². The molecular formula is C20H30ClN3O3. The number of amides is 2. The van der Waals surface area contributed by atoms with Crippen molar-refractivity contribution in [3.05, 3.63) is 30.3 Å². The predicted octanol–water partition coefficient (Wildman–Crippen LogP) is 1.79. The van der Waals surface area contributed by atoms with Gasteiger partial charge in [-0.2, -0.15) is 0 Å². The molecule has 0 saturated carbocycles. The number of hydrogen-bond donors (Lipinski definition) is 1. The smallest absolute Gasteiger partial charge is 0.260 e. The van der Waals surface area contributed by atoms with E-state index in [2.05, 4.69) is 5.32 Å². The zero-order chi connectivity index (χ0) is 18.4. The van der Waals surface area contributed by atoms with Gasteiger partial charge >= 0.3 is 0 Å². The first kappa shape index (κ1) is 21.5. The van der Waals surface area contributed by atoms with E-state index in [4.69, 9.17) is 4.74 Å². The number of carbonyl (C=O) groups excluding carboxylic acids is 2. The maximum Gasteiger partial charge on any atom is 0.260 e. The number of carbonyl (C=O) groups is 2. The molecule has 2 heterocycles. The number of para-hydroxylation sites is 1. The van der Waals surface area contributed by atoms with Gasteiger partial charge in [0.15, 0.2) is 6.61 Å². The third-order valence-corrected chi connectivity index (χ3v) is 5.32. The van der Waals surface area contributed by atoms with Crippen LogP contribution in [0.2, 0.25) is 0 Å². The number of halogens is 1. The molecule has 2 aliphatic heterocycles. The summed E-state index contributed by atoms with van der Waals surface area (Å²) in [6, 6.07) is 9.35. The number of rotatable bonds is 6. The van der Waals surface area contributed by atoms with Gasteiger partial charge in [0, 0.05) is 26.2 Å². The van der Waals surface area contributed by atoms with Crippen molar-refractivity contribution < 1.29 is 14.3 Å². The van der Waals surface area contributed by atoms with Crippen LogP contribution in [-0.2, 0) is 9.59 Å². The van der Waals surface area contributed by atoms with E-state index >= 15 is 0 Å². The molecule has 2 fully saturated rings. The van der Waals surface area contributed by atoms with Gasteiger partial charge < -0.3 is 19.9 Å². The van der Waals surface area contributed by atoms with E-state index in [1.54, 1.807) is 4.90 Å². The van der Waals surface area contributed by atoms with Crippen LogP contribution in [0.5, 0.6) is 5.75 Å². The van der Waals surface area contributed by atoms with E-state index in [9.17, 15) is 9.59 Å². The topological polar surface area (TPSA) is 61.9 Å². The van der Waals surface area contributed by atoms with Crippen molar-refractivity contribution in [2.24, 2.45) is 11.8 Å². The molecule has 0 aliphatic carbocycles. The molecule has 0 bridgehead atoms. The summed E-state index contributed by atoms with van der Waals surface area (Å²) in [7, 11) is 1.95. The molecular weight excluding hydrogens is 366 g/mol. The number of ether oxygens (including phenoxy) is 1. The molecule has 2 amide bonds. The molecule has 0 aromatic heterocycles. The van der Waals surface area contributed by atoms with Gasteiger partial charge in [-0.1, -0.05) is 18.2 Å². The lowest BCUT2D eigenvalue weighted by Crippen LogP contribution is -2.47. The van der Waals surface area contributed by atoms with Crippen molar-refractivity contribution in [1.29, 1.82) is 0 Å². The fourth-order valence-corrected chi connectivity index (χ4v) is 3.90. The van der Waals surface area contributed by atoms with E-state index in [0.29, 0.717) is 24.8 Å². The van der Waals surface area contributed by atoms with E-state index in [-0.39, 0.29) is 36.7 Å². The third kappa shape index (κ3) is 5.84. The number of benzene rings is 1. The Morgan fingerprint density at radius 3 is 2.63 bits per heavy atom. The molecule has 1 aromatic carbocycles. The van der Waals surface area contributed by atoms with Crippen LogP contribution in [0.15, 0.2) is 30.3 Å². The van der Waals surface area contributed by atoms with E-state index in [1.807, 2.05) is 42.3 Å². The van der Waals surface area contributed by atoms with Crippen LogP contribution in [0.4, 0.5) is 0 Å². The quantitative estimate of drug-likeness (QED) is 0.797. The predicted molar refractivity (Wildman–Crippen MR) is 107 cm³/mol. The van der Waals surface area contributed by atoms with Crippen molar-refractivity contribution in [2.75, 3.05) is 46.4 Å². The van der Waals surface area contributed by atoms with Crippen LogP contribution in [0.25, 0.3) is 0 Å². The molecule has 150 valence electrons. The van der Waals surface area contributed by atoms with Crippen molar-refractivity contribution in [1.82, 2.24) is 15.1 Å². The minimum Gasteiger partial charge on any atom is -0.484 e. The monoisotopic (exact) mass is 395 g/mol. The van der Waals surface area contributed by atoms with E-state index in [0.717, 1.165) is 38.9 Å². The van der Waals surface area contributed by atoms with E-state index < -0.39 is 0 Å².